The van der Waals surface area contributed by atoms with Crippen LogP contribution in [-0.2, 0) is 23.3 Å². The molecule has 0 spiro atoms. The molecule has 5 aromatic carbocycles. The summed E-state index contributed by atoms with van der Waals surface area (Å²) in [5.41, 5.74) is 2.70. The number of rotatable bonds is 0. The molecule has 0 fully saturated rings. The van der Waals surface area contributed by atoms with Gasteiger partial charge in [0, 0.05) is 0 Å². The van der Waals surface area contributed by atoms with Crippen LogP contribution in [0.25, 0.3) is 21.5 Å². The molecule has 1 nitrogen and oxygen atoms in total. The molecule has 0 aromatic heterocycles. The van der Waals surface area contributed by atoms with E-state index in [1.54, 1.807) is 24.3 Å². The molecular formula is C28H31ClOSiZr-4. The summed E-state index contributed by atoms with van der Waals surface area (Å²) in [7, 11) is 0. The molecule has 0 aliphatic rings. The number of aryl methyl sites for hydroxylation is 2. The molecule has 5 aromatic rings. The van der Waals surface area contributed by atoms with E-state index in [-0.39, 0.29) is 27.3 Å². The molecular weight excluding hydrogens is 507 g/mol. The summed E-state index contributed by atoms with van der Waals surface area (Å²) in [5.74, 6) is 0.322. The van der Waals surface area contributed by atoms with Gasteiger partial charge in [0.2, 0.25) is 0 Å². The van der Waals surface area contributed by atoms with Crippen molar-refractivity contribution in [2.24, 2.45) is 0 Å². The van der Waals surface area contributed by atoms with Gasteiger partial charge in [-0.2, -0.15) is 12.1 Å². The summed E-state index contributed by atoms with van der Waals surface area (Å²) in [5, 5.41) is 14.0. The SMILES string of the molecule is Cc1cc2ccccc2[cH-]1.Cc1cc2ccccc2[cH-]1.Cl.Oc1ccccc1.[CH3-].[CH3-].[Si]=[Zr]. The molecule has 5 rings (SSSR count). The van der Waals surface area contributed by atoms with Crippen LogP contribution in [0.15, 0.2) is 103 Å². The van der Waals surface area contributed by atoms with Crippen molar-refractivity contribution in [3.05, 3.63) is 129 Å². The predicted octanol–water partition coefficient (Wildman–Crippen LogP) is 8.07. The number of benzene rings is 3. The Hall–Kier alpha value is -1.93. The molecule has 0 bridgehead atoms. The molecule has 0 aliphatic heterocycles. The second kappa shape index (κ2) is 17.6. The average Bonchev–Trinajstić information content (AvgIpc) is 3.31. The number of hydrogen-bond acceptors (Lipinski definition) is 1. The summed E-state index contributed by atoms with van der Waals surface area (Å²) in [4.78, 5) is 0. The van der Waals surface area contributed by atoms with Gasteiger partial charge in [-0.1, -0.05) is 44.2 Å². The molecule has 0 aliphatic carbocycles. The van der Waals surface area contributed by atoms with Crippen LogP contribution < -0.4 is 0 Å². The molecule has 0 amide bonds. The fourth-order valence-corrected chi connectivity index (χ4v) is 3.04. The van der Waals surface area contributed by atoms with Gasteiger partial charge in [-0.05, 0) is 12.1 Å². The fraction of sp³-hybridized carbons (Fsp3) is 0.0714. The van der Waals surface area contributed by atoms with Crippen molar-refractivity contribution in [1.29, 1.82) is 0 Å². The van der Waals surface area contributed by atoms with Gasteiger partial charge >= 0.3 is 30.2 Å². The number of halogens is 1. The van der Waals surface area contributed by atoms with E-state index >= 15 is 0 Å². The second-order valence-corrected chi connectivity index (χ2v) is 6.66. The van der Waals surface area contributed by atoms with Gasteiger partial charge in [-0.15, -0.1) is 93.6 Å². The maximum atomic E-state index is 8.63. The number of fused-ring (bicyclic) bond motifs is 2. The van der Waals surface area contributed by atoms with E-state index in [0.29, 0.717) is 5.75 Å². The van der Waals surface area contributed by atoms with Gasteiger partial charge < -0.3 is 20.0 Å². The Kier molecular flexibility index (Phi) is 17.7. The van der Waals surface area contributed by atoms with E-state index in [4.69, 9.17) is 5.11 Å². The molecule has 2 radical (unpaired) electrons. The fourth-order valence-electron chi connectivity index (χ4n) is 3.04. The number of aromatic hydroxyl groups is 1. The van der Waals surface area contributed by atoms with Gasteiger partial charge in [-0.3, -0.25) is 0 Å². The van der Waals surface area contributed by atoms with Gasteiger partial charge in [0.05, 0.1) is 0 Å². The zero-order valence-corrected chi connectivity index (χ0v) is 23.4. The molecule has 0 unspecified atom stereocenters. The maximum absolute atomic E-state index is 8.63. The molecule has 168 valence electrons. The summed E-state index contributed by atoms with van der Waals surface area (Å²) in [6, 6.07) is 34.4. The minimum absolute atomic E-state index is 0. The van der Waals surface area contributed by atoms with Crippen LogP contribution in [0.5, 0.6) is 5.75 Å². The molecule has 32 heavy (non-hydrogen) atoms. The zero-order valence-electron chi connectivity index (χ0n) is 19.2. The number of para-hydroxylation sites is 1. The Balaban J connectivity index is 0. The van der Waals surface area contributed by atoms with Crippen molar-refractivity contribution in [2.45, 2.75) is 13.8 Å². The first-order valence-electron chi connectivity index (χ1n) is 9.35. The van der Waals surface area contributed by atoms with E-state index in [9.17, 15) is 0 Å². The van der Waals surface area contributed by atoms with Crippen molar-refractivity contribution in [1.82, 2.24) is 0 Å². The molecule has 0 saturated carbocycles. The van der Waals surface area contributed by atoms with Crippen LogP contribution in [0, 0.1) is 28.7 Å². The van der Waals surface area contributed by atoms with Crippen molar-refractivity contribution in [2.75, 3.05) is 0 Å². The number of hydrogen-bond donors (Lipinski definition) is 1. The van der Waals surface area contributed by atoms with Gasteiger partial charge in [0.25, 0.3) is 0 Å². The van der Waals surface area contributed by atoms with E-state index in [0.717, 1.165) is 0 Å². The van der Waals surface area contributed by atoms with Crippen molar-refractivity contribution in [3.8, 4) is 5.75 Å². The first kappa shape index (κ1) is 32.3. The third-order valence-electron chi connectivity index (χ3n) is 4.28. The zero-order chi connectivity index (χ0) is 21.1. The summed E-state index contributed by atoms with van der Waals surface area (Å²) < 4.78 is 0. The molecule has 0 heterocycles. The normalized spacial score (nSPS) is 8.53. The average molecular weight is 538 g/mol. The Labute approximate surface area is 216 Å². The predicted molar refractivity (Wildman–Crippen MR) is 142 cm³/mol. The van der Waals surface area contributed by atoms with E-state index in [1.165, 1.54) is 56.0 Å². The van der Waals surface area contributed by atoms with E-state index in [1.807, 2.05) is 6.07 Å². The number of phenols is 1. The molecule has 0 atom stereocenters. The Bertz CT molecular complexity index is 994. The van der Waals surface area contributed by atoms with Crippen molar-refractivity contribution in [3.63, 3.8) is 0 Å². The van der Waals surface area contributed by atoms with Crippen LogP contribution in [0.1, 0.15) is 11.1 Å². The third kappa shape index (κ3) is 10.6. The van der Waals surface area contributed by atoms with Crippen LogP contribution in [0.3, 0.4) is 0 Å². The van der Waals surface area contributed by atoms with Crippen LogP contribution >= 0.6 is 12.4 Å². The van der Waals surface area contributed by atoms with Gasteiger partial charge in [0.1, 0.15) is 5.75 Å². The van der Waals surface area contributed by atoms with E-state index < -0.39 is 0 Å². The first-order chi connectivity index (χ1) is 14.1. The molecule has 0 saturated heterocycles. The number of phenolic OH excluding ortho intramolecular Hbond substituents is 1. The van der Waals surface area contributed by atoms with Gasteiger partial charge in [0.15, 0.2) is 0 Å². The van der Waals surface area contributed by atoms with Crippen LogP contribution in [-0.4, -0.2) is 12.0 Å². The molecule has 4 heteroatoms. The van der Waals surface area contributed by atoms with Crippen molar-refractivity contribution >= 4 is 40.8 Å². The van der Waals surface area contributed by atoms with E-state index in [2.05, 4.69) is 93.5 Å². The van der Waals surface area contributed by atoms with Crippen LogP contribution in [0.2, 0.25) is 0 Å². The summed E-state index contributed by atoms with van der Waals surface area (Å²) in [6.07, 6.45) is 0. The first-order valence-corrected chi connectivity index (χ1v) is 13.5. The quantitative estimate of drug-likeness (QED) is 0.156. The minimum atomic E-state index is 0. The summed E-state index contributed by atoms with van der Waals surface area (Å²) in [6.45, 7) is 7.31. The Morgan fingerprint density at radius 3 is 1.28 bits per heavy atom. The standard InChI is InChI=1S/2C10H9.C6H6O.2CH3.ClH.Si.Zr/c2*1-8-6-9-4-2-3-5-10(9)7-8;7-6-4-2-1-3-5-6;;;;;/h2*2-7H,1H3;1-5,7H;2*1H3;1H;;/q2*-1;;2*-1;;;. The monoisotopic (exact) mass is 536 g/mol. The molecule has 1 N–H and O–H groups in total. The third-order valence-corrected chi connectivity index (χ3v) is 4.28. The topological polar surface area (TPSA) is 20.2 Å². The Morgan fingerprint density at radius 1 is 0.625 bits per heavy atom. The van der Waals surface area contributed by atoms with Crippen molar-refractivity contribution < 1.29 is 28.4 Å². The van der Waals surface area contributed by atoms with Crippen LogP contribution in [0.4, 0.5) is 0 Å². The van der Waals surface area contributed by atoms with Gasteiger partial charge in [-0.25, -0.2) is 0 Å². The summed E-state index contributed by atoms with van der Waals surface area (Å²) >= 11 is 1.36. The second-order valence-electron chi connectivity index (χ2n) is 6.66. The Morgan fingerprint density at radius 2 is 0.969 bits per heavy atom.